The normalized spacial score (nSPS) is 20.7. The van der Waals surface area contributed by atoms with Crippen LogP contribution in [0.4, 0.5) is 13.2 Å². The van der Waals surface area contributed by atoms with E-state index in [1.807, 2.05) is 0 Å². The number of alkyl halides is 3. The molecule has 24 heavy (non-hydrogen) atoms. The van der Waals surface area contributed by atoms with Crippen LogP contribution in [0.5, 0.6) is 5.75 Å². The van der Waals surface area contributed by atoms with Gasteiger partial charge in [0.05, 0.1) is 5.41 Å². The Bertz CT molecular complexity index is 629. The first kappa shape index (κ1) is 16.8. The number of ketones is 1. The van der Waals surface area contributed by atoms with Gasteiger partial charge < -0.3 is 9.64 Å². The number of likely N-dealkylation sites (tertiary alicyclic amines) is 1. The van der Waals surface area contributed by atoms with Gasteiger partial charge in [0.25, 0.3) is 0 Å². The molecule has 1 saturated heterocycles. The summed E-state index contributed by atoms with van der Waals surface area (Å²) in [6.45, 7) is 0.981. The van der Waals surface area contributed by atoms with Gasteiger partial charge in [-0.2, -0.15) is 0 Å². The predicted octanol–water partition coefficient (Wildman–Crippen LogP) is 3.45. The Kier molecular flexibility index (Phi) is 4.27. The Morgan fingerprint density at radius 2 is 1.67 bits per heavy atom. The molecule has 0 N–H and O–H groups in total. The molecule has 0 bridgehead atoms. The maximum atomic E-state index is 12.7. The molecule has 1 aliphatic carbocycles. The van der Waals surface area contributed by atoms with E-state index in [0.717, 1.165) is 12.0 Å². The predicted molar refractivity (Wildman–Crippen MR) is 79.1 cm³/mol. The van der Waals surface area contributed by atoms with E-state index in [4.69, 9.17) is 0 Å². The second-order valence-electron chi connectivity index (χ2n) is 6.49. The SMILES string of the molecule is O=C1CCC2(CC1)CCN(Cc1ccc(OC(F)(F)F)cc1)C2=O. The molecule has 3 rings (SSSR count). The third kappa shape index (κ3) is 3.55. The second kappa shape index (κ2) is 6.11. The van der Waals surface area contributed by atoms with E-state index in [2.05, 4.69) is 4.74 Å². The van der Waals surface area contributed by atoms with Crippen LogP contribution in [0.15, 0.2) is 24.3 Å². The molecule has 4 nitrogen and oxygen atoms in total. The van der Waals surface area contributed by atoms with Crippen LogP contribution >= 0.6 is 0 Å². The summed E-state index contributed by atoms with van der Waals surface area (Å²) < 4.78 is 40.3. The number of hydrogen-bond donors (Lipinski definition) is 0. The number of ether oxygens (including phenoxy) is 1. The van der Waals surface area contributed by atoms with Crippen molar-refractivity contribution in [3.05, 3.63) is 29.8 Å². The summed E-state index contributed by atoms with van der Waals surface area (Å²) in [7, 11) is 0. The molecular formula is C17H18F3NO3. The van der Waals surface area contributed by atoms with Gasteiger partial charge >= 0.3 is 6.36 Å². The number of rotatable bonds is 3. The van der Waals surface area contributed by atoms with Crippen LogP contribution in [0.25, 0.3) is 0 Å². The minimum absolute atomic E-state index is 0.0608. The summed E-state index contributed by atoms with van der Waals surface area (Å²) in [5.41, 5.74) is 0.342. The van der Waals surface area contributed by atoms with Crippen LogP contribution in [0.3, 0.4) is 0 Å². The minimum atomic E-state index is -4.71. The molecule has 1 aromatic carbocycles. The Hall–Kier alpha value is -2.05. The summed E-state index contributed by atoms with van der Waals surface area (Å²) in [4.78, 5) is 25.8. The lowest BCUT2D eigenvalue weighted by molar-refractivity contribution is -0.274. The summed E-state index contributed by atoms with van der Waals surface area (Å²) >= 11 is 0. The third-order valence-corrected chi connectivity index (χ3v) is 4.90. The highest BCUT2D eigenvalue weighted by molar-refractivity contribution is 5.88. The molecule has 130 valence electrons. The minimum Gasteiger partial charge on any atom is -0.406 e. The van der Waals surface area contributed by atoms with Crippen molar-refractivity contribution in [2.24, 2.45) is 5.41 Å². The second-order valence-corrected chi connectivity index (χ2v) is 6.49. The first-order chi connectivity index (χ1) is 11.3. The number of carbonyl (C=O) groups is 2. The van der Waals surface area contributed by atoms with Crippen molar-refractivity contribution in [3.8, 4) is 5.75 Å². The van der Waals surface area contributed by atoms with Crippen molar-refractivity contribution < 1.29 is 27.5 Å². The van der Waals surface area contributed by atoms with E-state index in [1.165, 1.54) is 24.3 Å². The summed E-state index contributed by atoms with van der Waals surface area (Å²) in [6, 6.07) is 5.56. The monoisotopic (exact) mass is 341 g/mol. The van der Waals surface area contributed by atoms with Crippen molar-refractivity contribution in [1.82, 2.24) is 4.90 Å². The molecule has 0 radical (unpaired) electrons. The van der Waals surface area contributed by atoms with E-state index in [0.29, 0.717) is 38.8 Å². The van der Waals surface area contributed by atoms with Crippen molar-refractivity contribution in [2.75, 3.05) is 6.54 Å². The molecule has 2 aliphatic rings. The molecule has 1 spiro atoms. The highest BCUT2D eigenvalue weighted by Gasteiger charge is 2.47. The quantitative estimate of drug-likeness (QED) is 0.846. The van der Waals surface area contributed by atoms with Crippen molar-refractivity contribution in [1.29, 1.82) is 0 Å². The molecule has 1 aromatic rings. The van der Waals surface area contributed by atoms with Crippen LogP contribution in [0.2, 0.25) is 0 Å². The van der Waals surface area contributed by atoms with E-state index < -0.39 is 11.8 Å². The van der Waals surface area contributed by atoms with Gasteiger partial charge in [-0.15, -0.1) is 13.2 Å². The number of benzene rings is 1. The van der Waals surface area contributed by atoms with Crippen LogP contribution in [-0.2, 0) is 16.1 Å². The van der Waals surface area contributed by atoms with Gasteiger partial charge in [-0.25, -0.2) is 0 Å². The molecule has 1 heterocycles. The van der Waals surface area contributed by atoms with Crippen LogP contribution in [-0.4, -0.2) is 29.5 Å². The fourth-order valence-electron chi connectivity index (χ4n) is 3.53. The van der Waals surface area contributed by atoms with Crippen LogP contribution in [0, 0.1) is 5.41 Å². The summed E-state index contributed by atoms with van der Waals surface area (Å²) in [5.74, 6) is -0.000918. The zero-order chi connectivity index (χ0) is 17.4. The third-order valence-electron chi connectivity index (χ3n) is 4.90. The Labute approximate surface area is 137 Å². The molecule has 7 heteroatoms. The largest absolute Gasteiger partial charge is 0.573 e. The van der Waals surface area contributed by atoms with Gasteiger partial charge in [0.15, 0.2) is 0 Å². The maximum absolute atomic E-state index is 12.7. The number of hydrogen-bond acceptors (Lipinski definition) is 3. The van der Waals surface area contributed by atoms with Crippen molar-refractivity contribution in [2.45, 2.75) is 45.0 Å². The lowest BCUT2D eigenvalue weighted by Gasteiger charge is -2.31. The van der Waals surface area contributed by atoms with E-state index in [-0.39, 0.29) is 17.4 Å². The number of amides is 1. The summed E-state index contributed by atoms with van der Waals surface area (Å²) in [6.07, 6.45) is -1.82. The Morgan fingerprint density at radius 3 is 2.25 bits per heavy atom. The fourth-order valence-corrected chi connectivity index (χ4v) is 3.53. The smallest absolute Gasteiger partial charge is 0.406 e. The number of halogens is 3. The van der Waals surface area contributed by atoms with E-state index in [1.54, 1.807) is 4.90 Å². The first-order valence-corrected chi connectivity index (χ1v) is 7.93. The fraction of sp³-hybridized carbons (Fsp3) is 0.529. The molecule has 1 saturated carbocycles. The average molecular weight is 341 g/mol. The first-order valence-electron chi connectivity index (χ1n) is 7.93. The van der Waals surface area contributed by atoms with Gasteiger partial charge in [0, 0.05) is 25.9 Å². The van der Waals surface area contributed by atoms with Crippen molar-refractivity contribution >= 4 is 11.7 Å². The zero-order valence-electron chi connectivity index (χ0n) is 13.1. The average Bonchev–Trinajstić information content (AvgIpc) is 2.81. The molecule has 0 aromatic heterocycles. The van der Waals surface area contributed by atoms with Gasteiger partial charge in [-0.05, 0) is 37.0 Å². The van der Waals surface area contributed by atoms with E-state index in [9.17, 15) is 22.8 Å². The standard InChI is InChI=1S/C17H18F3NO3/c18-17(19,20)24-14-3-1-12(2-4-14)11-21-10-9-16(15(21)23)7-5-13(22)6-8-16/h1-4H,5-11H2. The van der Waals surface area contributed by atoms with Gasteiger partial charge in [0.1, 0.15) is 11.5 Å². The van der Waals surface area contributed by atoms with Crippen molar-refractivity contribution in [3.63, 3.8) is 0 Å². The molecule has 1 amide bonds. The van der Waals surface area contributed by atoms with Crippen LogP contribution < -0.4 is 4.74 Å². The van der Waals surface area contributed by atoms with Gasteiger partial charge in [-0.3, -0.25) is 9.59 Å². The lowest BCUT2D eigenvalue weighted by atomic mass is 9.72. The van der Waals surface area contributed by atoms with Gasteiger partial charge in [0.2, 0.25) is 5.91 Å². The highest BCUT2D eigenvalue weighted by atomic mass is 19.4. The highest BCUT2D eigenvalue weighted by Crippen LogP contribution is 2.44. The molecule has 1 aliphatic heterocycles. The number of nitrogens with zero attached hydrogens (tertiary/aromatic N) is 1. The summed E-state index contributed by atoms with van der Waals surface area (Å²) in [5, 5.41) is 0. The molecule has 0 atom stereocenters. The Morgan fingerprint density at radius 1 is 1.04 bits per heavy atom. The lowest BCUT2D eigenvalue weighted by Crippen LogP contribution is -2.37. The molecule has 0 unspecified atom stereocenters. The topological polar surface area (TPSA) is 46.6 Å². The van der Waals surface area contributed by atoms with Crippen LogP contribution in [0.1, 0.15) is 37.7 Å². The van der Waals surface area contributed by atoms with E-state index >= 15 is 0 Å². The Balaban J connectivity index is 1.62. The molecule has 2 fully saturated rings. The maximum Gasteiger partial charge on any atom is 0.573 e. The number of carbonyl (C=O) groups excluding carboxylic acids is 2. The van der Waals surface area contributed by atoms with Gasteiger partial charge in [-0.1, -0.05) is 12.1 Å². The molecular weight excluding hydrogens is 323 g/mol. The zero-order valence-corrected chi connectivity index (χ0v) is 13.1. The number of Topliss-reactive ketones (excluding diaryl/α,β-unsaturated/α-hetero) is 1.